The predicted octanol–water partition coefficient (Wildman–Crippen LogP) is 1.76. The van der Waals surface area contributed by atoms with Crippen molar-refractivity contribution in [3.8, 4) is 0 Å². The minimum Gasteiger partial charge on any atom is -0.452 e. The Kier molecular flexibility index (Phi) is 6.30. The summed E-state index contributed by atoms with van der Waals surface area (Å²) < 4.78 is 4.95. The largest absolute Gasteiger partial charge is 0.452 e. The number of carbonyl (C=O) groups is 5. The molecule has 168 valence electrons. The number of nitrogens with one attached hydrogen (secondary N) is 2. The molecule has 0 saturated carbocycles. The molecular formula is C24H21N3O6. The van der Waals surface area contributed by atoms with Crippen LogP contribution in [-0.4, -0.2) is 36.2 Å². The molecule has 33 heavy (non-hydrogen) atoms. The summed E-state index contributed by atoms with van der Waals surface area (Å²) >= 11 is 0. The van der Waals surface area contributed by atoms with Gasteiger partial charge >= 0.3 is 5.97 Å². The van der Waals surface area contributed by atoms with Crippen molar-refractivity contribution in [2.45, 2.75) is 12.8 Å². The number of ether oxygens (including phenoxy) is 1. The second-order valence-corrected chi connectivity index (χ2v) is 7.66. The molecule has 4 rings (SSSR count). The minimum atomic E-state index is -0.761. The summed E-state index contributed by atoms with van der Waals surface area (Å²) in [6, 6.07) is 14.1. The Balaban J connectivity index is 1.29. The van der Waals surface area contributed by atoms with Crippen LogP contribution in [0, 0.1) is 11.8 Å². The first-order chi connectivity index (χ1) is 16.0. The van der Waals surface area contributed by atoms with Gasteiger partial charge in [-0.1, -0.05) is 30.4 Å². The van der Waals surface area contributed by atoms with Crippen LogP contribution in [0.1, 0.15) is 33.6 Å². The number of benzene rings is 2. The molecule has 1 saturated heterocycles. The normalized spacial score (nSPS) is 19.1. The zero-order valence-corrected chi connectivity index (χ0v) is 17.5. The van der Waals surface area contributed by atoms with Crippen molar-refractivity contribution in [1.82, 2.24) is 10.9 Å². The van der Waals surface area contributed by atoms with Crippen LogP contribution in [0.3, 0.4) is 0 Å². The van der Waals surface area contributed by atoms with Crippen LogP contribution in [0.4, 0.5) is 5.69 Å². The summed E-state index contributed by atoms with van der Waals surface area (Å²) in [5, 5.41) is 0. The van der Waals surface area contributed by atoms with Crippen molar-refractivity contribution in [2.24, 2.45) is 11.8 Å². The highest BCUT2D eigenvalue weighted by Crippen LogP contribution is 2.37. The molecule has 0 spiro atoms. The van der Waals surface area contributed by atoms with Crippen LogP contribution in [0.15, 0.2) is 66.7 Å². The van der Waals surface area contributed by atoms with Gasteiger partial charge in [-0.3, -0.25) is 34.9 Å². The summed E-state index contributed by atoms with van der Waals surface area (Å²) in [6.45, 7) is -0.602. The molecule has 1 aliphatic carbocycles. The number of nitrogens with zero attached hydrogens (tertiary/aromatic N) is 1. The maximum atomic E-state index is 12.7. The summed E-state index contributed by atoms with van der Waals surface area (Å²) in [4.78, 5) is 62.4. The molecule has 2 aromatic rings. The average Bonchev–Trinajstić information content (AvgIpc) is 3.11. The van der Waals surface area contributed by atoms with E-state index in [1.54, 1.807) is 30.3 Å². The fourth-order valence-electron chi connectivity index (χ4n) is 3.84. The van der Waals surface area contributed by atoms with Crippen LogP contribution in [0.2, 0.25) is 0 Å². The molecule has 0 aromatic heterocycles. The lowest BCUT2D eigenvalue weighted by molar-refractivity contribution is -0.125. The Hall–Kier alpha value is -4.27. The molecular weight excluding hydrogens is 426 g/mol. The van der Waals surface area contributed by atoms with Crippen LogP contribution in [-0.2, 0) is 19.1 Å². The quantitative estimate of drug-likeness (QED) is 0.312. The van der Waals surface area contributed by atoms with E-state index in [4.69, 9.17) is 4.74 Å². The molecule has 0 bridgehead atoms. The highest BCUT2D eigenvalue weighted by molar-refractivity contribution is 6.22. The predicted molar refractivity (Wildman–Crippen MR) is 117 cm³/mol. The van der Waals surface area contributed by atoms with Gasteiger partial charge in [-0.2, -0.15) is 0 Å². The molecule has 2 N–H and O–H groups in total. The topological polar surface area (TPSA) is 122 Å². The van der Waals surface area contributed by atoms with E-state index < -0.39 is 24.4 Å². The number of esters is 1. The van der Waals surface area contributed by atoms with Crippen LogP contribution in [0.5, 0.6) is 0 Å². The first-order valence-electron chi connectivity index (χ1n) is 10.4. The molecule has 2 aromatic carbocycles. The molecule has 0 unspecified atom stereocenters. The van der Waals surface area contributed by atoms with Gasteiger partial charge in [-0.15, -0.1) is 0 Å². The Morgan fingerprint density at radius 2 is 1.42 bits per heavy atom. The van der Waals surface area contributed by atoms with Crippen LogP contribution >= 0.6 is 0 Å². The van der Waals surface area contributed by atoms with E-state index in [0.29, 0.717) is 24.1 Å². The van der Waals surface area contributed by atoms with Gasteiger partial charge in [0.05, 0.1) is 23.1 Å². The van der Waals surface area contributed by atoms with Gasteiger partial charge in [0, 0.05) is 5.56 Å². The van der Waals surface area contributed by atoms with E-state index in [2.05, 4.69) is 10.9 Å². The number of imide groups is 1. The van der Waals surface area contributed by atoms with Gasteiger partial charge < -0.3 is 4.74 Å². The zero-order chi connectivity index (χ0) is 23.4. The zero-order valence-electron chi connectivity index (χ0n) is 17.5. The fraction of sp³-hybridized carbons (Fsp3) is 0.208. The number of fused-ring (bicyclic) bond motifs is 1. The van der Waals surface area contributed by atoms with Gasteiger partial charge in [0.2, 0.25) is 11.8 Å². The van der Waals surface area contributed by atoms with Crippen LogP contribution < -0.4 is 15.8 Å². The number of rotatable bonds is 5. The van der Waals surface area contributed by atoms with Crippen molar-refractivity contribution in [3.63, 3.8) is 0 Å². The second-order valence-electron chi connectivity index (χ2n) is 7.66. The van der Waals surface area contributed by atoms with Crippen molar-refractivity contribution < 1.29 is 28.7 Å². The van der Waals surface area contributed by atoms with E-state index in [0.717, 1.165) is 0 Å². The monoisotopic (exact) mass is 447 g/mol. The number of anilines is 1. The molecule has 4 amide bonds. The van der Waals surface area contributed by atoms with Crippen molar-refractivity contribution >= 4 is 35.3 Å². The van der Waals surface area contributed by atoms with E-state index in [1.807, 2.05) is 12.2 Å². The lowest BCUT2D eigenvalue weighted by Crippen LogP contribution is -2.43. The van der Waals surface area contributed by atoms with Gasteiger partial charge in [0.15, 0.2) is 6.61 Å². The third-order valence-corrected chi connectivity index (χ3v) is 5.55. The number of hydrogen-bond acceptors (Lipinski definition) is 6. The average molecular weight is 447 g/mol. The molecule has 9 heteroatoms. The summed E-state index contributed by atoms with van der Waals surface area (Å²) in [5.74, 6) is -3.14. The number of hydrogen-bond donors (Lipinski definition) is 2. The Labute approximate surface area is 189 Å². The molecule has 1 aliphatic heterocycles. The molecule has 0 radical (unpaired) electrons. The third-order valence-electron chi connectivity index (χ3n) is 5.55. The summed E-state index contributed by atoms with van der Waals surface area (Å²) in [5.41, 5.74) is 5.29. The van der Waals surface area contributed by atoms with Gasteiger partial charge in [-0.05, 0) is 49.2 Å². The van der Waals surface area contributed by atoms with Gasteiger partial charge in [-0.25, -0.2) is 4.79 Å². The number of allylic oxidation sites excluding steroid dienone is 2. The lowest BCUT2D eigenvalue weighted by Gasteiger charge is -2.15. The summed E-state index contributed by atoms with van der Waals surface area (Å²) in [7, 11) is 0. The fourth-order valence-corrected chi connectivity index (χ4v) is 3.84. The Bertz CT molecular complexity index is 1100. The van der Waals surface area contributed by atoms with Crippen molar-refractivity contribution in [2.75, 3.05) is 11.5 Å². The minimum absolute atomic E-state index is 0.151. The first-order valence-corrected chi connectivity index (χ1v) is 10.4. The van der Waals surface area contributed by atoms with Gasteiger partial charge in [0.25, 0.3) is 11.8 Å². The molecule has 1 fully saturated rings. The Morgan fingerprint density at radius 1 is 0.818 bits per heavy atom. The van der Waals surface area contributed by atoms with Crippen LogP contribution in [0.25, 0.3) is 0 Å². The number of carbonyl (C=O) groups excluding carboxylic acids is 5. The van der Waals surface area contributed by atoms with Gasteiger partial charge in [0.1, 0.15) is 0 Å². The maximum absolute atomic E-state index is 12.7. The van der Waals surface area contributed by atoms with Crippen molar-refractivity contribution in [3.05, 3.63) is 77.9 Å². The standard InChI is InChI=1S/C24H21N3O6/c28-20(25-26-21(29)15-6-2-1-3-7-15)14-33-24(32)16-10-12-17(13-11-16)27-22(30)18-8-4-5-9-19(18)23(27)31/h1-7,10-13,18-19H,8-9,14H2,(H,25,28)(H,26,29)/t18-,19-/m1/s1. The number of amides is 4. The first kappa shape index (κ1) is 21.9. The molecule has 9 nitrogen and oxygen atoms in total. The van der Waals surface area contributed by atoms with Crippen molar-refractivity contribution in [1.29, 1.82) is 0 Å². The molecule has 2 atom stereocenters. The lowest BCUT2D eigenvalue weighted by atomic mass is 9.85. The van der Waals surface area contributed by atoms with E-state index >= 15 is 0 Å². The maximum Gasteiger partial charge on any atom is 0.338 e. The highest BCUT2D eigenvalue weighted by Gasteiger charge is 2.47. The summed E-state index contributed by atoms with van der Waals surface area (Å²) in [6.07, 6.45) is 4.92. The third kappa shape index (κ3) is 4.67. The SMILES string of the molecule is O=C(COC(=O)c1ccc(N2C(=O)[C@@H]3CC=CC[C@H]3C2=O)cc1)NNC(=O)c1ccccc1. The van der Waals surface area contributed by atoms with E-state index in [9.17, 15) is 24.0 Å². The molecule has 2 aliphatic rings. The van der Waals surface area contributed by atoms with E-state index in [-0.39, 0.29) is 29.2 Å². The smallest absolute Gasteiger partial charge is 0.338 e. The number of hydrazine groups is 1. The second kappa shape index (κ2) is 9.47. The highest BCUT2D eigenvalue weighted by atomic mass is 16.5. The van der Waals surface area contributed by atoms with E-state index in [1.165, 1.54) is 29.2 Å². The Morgan fingerprint density at radius 3 is 2.03 bits per heavy atom. The molecule has 1 heterocycles.